The van der Waals surface area contributed by atoms with Crippen LogP contribution in [0.3, 0.4) is 0 Å². The quantitative estimate of drug-likeness (QED) is 0.704. The molecule has 0 unspecified atom stereocenters. The lowest BCUT2D eigenvalue weighted by Gasteiger charge is -2.31. The maximum atomic E-state index is 5.72. The third kappa shape index (κ3) is 3.63. The van der Waals surface area contributed by atoms with E-state index in [4.69, 9.17) is 8.83 Å². The van der Waals surface area contributed by atoms with Gasteiger partial charge in [-0.25, -0.2) is 9.67 Å². The Kier molecular flexibility index (Phi) is 4.35. The molecular formula is C17H22N6O2. The molecule has 132 valence electrons. The van der Waals surface area contributed by atoms with Gasteiger partial charge in [0.1, 0.15) is 11.6 Å². The van der Waals surface area contributed by atoms with Gasteiger partial charge in [-0.2, -0.15) is 5.10 Å². The average molecular weight is 342 g/mol. The number of aryl methyl sites for hydroxylation is 2. The largest absolute Gasteiger partial charge is 0.459 e. The molecule has 1 aliphatic rings. The molecular weight excluding hydrogens is 320 g/mol. The number of likely N-dealkylation sites (tertiary alicyclic amines) is 1. The van der Waals surface area contributed by atoms with E-state index in [9.17, 15) is 0 Å². The predicted molar refractivity (Wildman–Crippen MR) is 89.5 cm³/mol. The highest BCUT2D eigenvalue weighted by molar-refractivity contribution is 5.42. The van der Waals surface area contributed by atoms with Crippen molar-refractivity contribution < 1.29 is 8.83 Å². The SMILES string of the molecule is Cc1nc(C)n(C[C@@H]2CCCN(Cc3nnc(-c4ccco4)o3)C2)n1. The fourth-order valence-corrected chi connectivity index (χ4v) is 3.43. The summed E-state index contributed by atoms with van der Waals surface area (Å²) in [5.74, 6) is 4.03. The third-order valence-corrected chi connectivity index (χ3v) is 4.55. The molecule has 1 aliphatic heterocycles. The minimum absolute atomic E-state index is 0.433. The van der Waals surface area contributed by atoms with Crippen LogP contribution in [0.15, 0.2) is 27.2 Å². The van der Waals surface area contributed by atoms with Gasteiger partial charge in [-0.15, -0.1) is 10.2 Å². The monoisotopic (exact) mass is 342 g/mol. The van der Waals surface area contributed by atoms with Crippen molar-refractivity contribution in [3.63, 3.8) is 0 Å². The summed E-state index contributed by atoms with van der Waals surface area (Å²) in [6.45, 7) is 7.56. The van der Waals surface area contributed by atoms with Gasteiger partial charge in [-0.3, -0.25) is 4.90 Å². The Morgan fingerprint density at radius 3 is 2.96 bits per heavy atom. The molecule has 3 aromatic rings. The first-order valence-electron chi connectivity index (χ1n) is 8.64. The molecule has 0 bridgehead atoms. The van der Waals surface area contributed by atoms with Crippen molar-refractivity contribution in [1.82, 2.24) is 29.9 Å². The van der Waals surface area contributed by atoms with Crippen molar-refractivity contribution >= 4 is 0 Å². The Balaban J connectivity index is 1.37. The highest BCUT2D eigenvalue weighted by Gasteiger charge is 2.23. The molecule has 1 fully saturated rings. The molecule has 0 spiro atoms. The van der Waals surface area contributed by atoms with E-state index in [0.29, 0.717) is 30.0 Å². The van der Waals surface area contributed by atoms with E-state index < -0.39 is 0 Å². The molecule has 0 aliphatic carbocycles. The van der Waals surface area contributed by atoms with E-state index in [2.05, 4.69) is 25.2 Å². The van der Waals surface area contributed by atoms with E-state index in [-0.39, 0.29) is 0 Å². The van der Waals surface area contributed by atoms with Crippen molar-refractivity contribution in [2.24, 2.45) is 5.92 Å². The molecule has 0 N–H and O–H groups in total. The van der Waals surface area contributed by atoms with Crippen LogP contribution in [-0.2, 0) is 13.1 Å². The van der Waals surface area contributed by atoms with Crippen LogP contribution in [0.1, 0.15) is 30.4 Å². The van der Waals surface area contributed by atoms with Gasteiger partial charge in [0.25, 0.3) is 5.89 Å². The topological polar surface area (TPSA) is 86.0 Å². The fraction of sp³-hybridized carbons (Fsp3) is 0.529. The number of furan rings is 1. The molecule has 4 heterocycles. The fourth-order valence-electron chi connectivity index (χ4n) is 3.43. The number of hydrogen-bond acceptors (Lipinski definition) is 7. The van der Waals surface area contributed by atoms with Crippen LogP contribution >= 0.6 is 0 Å². The number of nitrogens with zero attached hydrogens (tertiary/aromatic N) is 6. The van der Waals surface area contributed by atoms with Crippen LogP contribution in [0.4, 0.5) is 0 Å². The van der Waals surface area contributed by atoms with E-state index in [1.165, 1.54) is 6.42 Å². The minimum atomic E-state index is 0.433. The van der Waals surface area contributed by atoms with E-state index in [1.54, 1.807) is 6.26 Å². The Morgan fingerprint density at radius 2 is 2.20 bits per heavy atom. The molecule has 25 heavy (non-hydrogen) atoms. The van der Waals surface area contributed by atoms with Gasteiger partial charge in [0.2, 0.25) is 5.89 Å². The highest BCUT2D eigenvalue weighted by Crippen LogP contribution is 2.22. The molecule has 1 atom stereocenters. The summed E-state index contributed by atoms with van der Waals surface area (Å²) in [5, 5.41) is 12.7. The third-order valence-electron chi connectivity index (χ3n) is 4.55. The van der Waals surface area contributed by atoms with Crippen LogP contribution in [0, 0.1) is 19.8 Å². The van der Waals surface area contributed by atoms with Crippen molar-refractivity contribution in [2.45, 2.75) is 39.8 Å². The Labute approximate surface area is 145 Å². The molecule has 4 rings (SSSR count). The summed E-state index contributed by atoms with van der Waals surface area (Å²) in [7, 11) is 0. The Hall–Kier alpha value is -2.48. The second kappa shape index (κ2) is 6.79. The van der Waals surface area contributed by atoms with Crippen molar-refractivity contribution in [3.8, 4) is 11.7 Å². The van der Waals surface area contributed by atoms with Crippen LogP contribution < -0.4 is 0 Å². The van der Waals surface area contributed by atoms with Crippen LogP contribution in [0.25, 0.3) is 11.7 Å². The smallest absolute Gasteiger partial charge is 0.283 e. The van der Waals surface area contributed by atoms with Crippen molar-refractivity contribution in [2.75, 3.05) is 13.1 Å². The Bertz CT molecular complexity index is 822. The molecule has 3 aromatic heterocycles. The number of rotatable bonds is 5. The molecule has 1 saturated heterocycles. The average Bonchev–Trinajstić information content (AvgIpc) is 3.30. The van der Waals surface area contributed by atoms with Crippen LogP contribution in [0.2, 0.25) is 0 Å². The van der Waals surface area contributed by atoms with E-state index in [1.807, 2.05) is 30.7 Å². The Morgan fingerprint density at radius 1 is 1.28 bits per heavy atom. The zero-order chi connectivity index (χ0) is 17.2. The van der Waals surface area contributed by atoms with E-state index in [0.717, 1.165) is 37.7 Å². The lowest BCUT2D eigenvalue weighted by Crippen LogP contribution is -2.37. The van der Waals surface area contributed by atoms with Crippen molar-refractivity contribution in [3.05, 3.63) is 35.9 Å². The summed E-state index contributed by atoms with van der Waals surface area (Å²) in [4.78, 5) is 6.75. The lowest BCUT2D eigenvalue weighted by atomic mass is 9.98. The summed E-state index contributed by atoms with van der Waals surface area (Å²) >= 11 is 0. The van der Waals surface area contributed by atoms with Crippen LogP contribution in [-0.4, -0.2) is 43.0 Å². The summed E-state index contributed by atoms with van der Waals surface area (Å²) in [6, 6.07) is 3.62. The maximum absolute atomic E-state index is 5.72. The molecule has 0 saturated carbocycles. The zero-order valence-electron chi connectivity index (χ0n) is 14.6. The first kappa shape index (κ1) is 16.0. The highest BCUT2D eigenvalue weighted by atomic mass is 16.4. The van der Waals surface area contributed by atoms with Gasteiger partial charge in [-0.05, 0) is 51.3 Å². The normalized spacial score (nSPS) is 18.7. The summed E-state index contributed by atoms with van der Waals surface area (Å²) < 4.78 is 13.0. The van der Waals surface area contributed by atoms with Crippen LogP contribution in [0.5, 0.6) is 0 Å². The van der Waals surface area contributed by atoms with Gasteiger partial charge in [0.05, 0.1) is 12.8 Å². The maximum Gasteiger partial charge on any atom is 0.283 e. The second-order valence-electron chi connectivity index (χ2n) is 6.61. The molecule has 8 nitrogen and oxygen atoms in total. The van der Waals surface area contributed by atoms with Gasteiger partial charge < -0.3 is 8.83 Å². The second-order valence-corrected chi connectivity index (χ2v) is 6.61. The molecule has 0 aromatic carbocycles. The van der Waals surface area contributed by atoms with Gasteiger partial charge in [-0.1, -0.05) is 0 Å². The standard InChI is InChI=1S/C17H22N6O2/c1-12-18-13(2)23(21-12)10-14-5-3-7-22(9-14)11-16-19-20-17(25-16)15-6-4-8-24-15/h4,6,8,14H,3,5,7,9-11H2,1-2H3/t14-/m1/s1. The number of piperidine rings is 1. The minimum Gasteiger partial charge on any atom is -0.459 e. The van der Waals surface area contributed by atoms with E-state index >= 15 is 0 Å². The van der Waals surface area contributed by atoms with Crippen molar-refractivity contribution in [1.29, 1.82) is 0 Å². The van der Waals surface area contributed by atoms with Gasteiger partial charge in [0.15, 0.2) is 5.76 Å². The molecule has 0 amide bonds. The van der Waals surface area contributed by atoms with Gasteiger partial charge in [0, 0.05) is 13.1 Å². The number of aromatic nitrogens is 5. The van der Waals surface area contributed by atoms with Gasteiger partial charge >= 0.3 is 0 Å². The molecule has 0 radical (unpaired) electrons. The lowest BCUT2D eigenvalue weighted by molar-refractivity contribution is 0.141. The summed E-state index contributed by atoms with van der Waals surface area (Å²) in [5.41, 5.74) is 0. The first-order chi connectivity index (χ1) is 12.2. The molecule has 8 heteroatoms. The first-order valence-corrected chi connectivity index (χ1v) is 8.64. The zero-order valence-corrected chi connectivity index (χ0v) is 14.6. The number of hydrogen-bond donors (Lipinski definition) is 0. The summed E-state index contributed by atoms with van der Waals surface area (Å²) in [6.07, 6.45) is 3.97. The predicted octanol–water partition coefficient (Wildman–Crippen LogP) is 2.45.